The van der Waals surface area contributed by atoms with Crippen LogP contribution in [-0.4, -0.2) is 20.1 Å². The predicted octanol–water partition coefficient (Wildman–Crippen LogP) is 1.79. The van der Waals surface area contributed by atoms with Crippen LogP contribution in [-0.2, 0) is 4.79 Å². The summed E-state index contributed by atoms with van der Waals surface area (Å²) in [6.07, 6.45) is 1.81. The highest BCUT2D eigenvalue weighted by atomic mass is 16.5. The Morgan fingerprint density at radius 2 is 2.16 bits per heavy atom. The van der Waals surface area contributed by atoms with Gasteiger partial charge in [0.1, 0.15) is 17.5 Å². The maximum Gasteiger partial charge on any atom is 0.224 e. The van der Waals surface area contributed by atoms with Crippen LogP contribution in [0, 0.1) is 17.2 Å². The molecule has 1 amide bonds. The van der Waals surface area contributed by atoms with Gasteiger partial charge in [0.15, 0.2) is 0 Å². The molecule has 0 radical (unpaired) electrons. The fourth-order valence-corrected chi connectivity index (χ4v) is 1.84. The molecule has 0 bridgehead atoms. The standard InChI is InChI=1S/C14H16N2O3/c1-18-10-5-6-11(13(7-10)19-2)12(8-15)16-14(17)9-3-4-9/h5-7,9,12H,3-4H2,1-2H3,(H,16,17). The Balaban J connectivity index is 2.21. The maximum atomic E-state index is 11.7. The van der Waals surface area contributed by atoms with Crippen molar-refractivity contribution in [2.45, 2.75) is 18.9 Å². The van der Waals surface area contributed by atoms with Crippen molar-refractivity contribution in [3.63, 3.8) is 0 Å². The third-order valence-corrected chi connectivity index (χ3v) is 3.12. The summed E-state index contributed by atoms with van der Waals surface area (Å²) in [6.45, 7) is 0. The first-order valence-corrected chi connectivity index (χ1v) is 6.11. The van der Waals surface area contributed by atoms with Gasteiger partial charge in [-0.1, -0.05) is 0 Å². The van der Waals surface area contributed by atoms with Crippen LogP contribution < -0.4 is 14.8 Å². The third kappa shape index (κ3) is 2.97. The van der Waals surface area contributed by atoms with Gasteiger partial charge in [-0.2, -0.15) is 5.26 Å². The number of ether oxygens (including phenoxy) is 2. The molecule has 1 aromatic carbocycles. The Labute approximate surface area is 112 Å². The summed E-state index contributed by atoms with van der Waals surface area (Å²) in [6, 6.07) is 6.57. The van der Waals surface area contributed by atoms with Crippen molar-refractivity contribution < 1.29 is 14.3 Å². The molecule has 1 aromatic rings. The van der Waals surface area contributed by atoms with Crippen LogP contribution in [0.15, 0.2) is 18.2 Å². The van der Waals surface area contributed by atoms with Crippen LogP contribution in [0.25, 0.3) is 0 Å². The minimum Gasteiger partial charge on any atom is -0.497 e. The van der Waals surface area contributed by atoms with Crippen LogP contribution in [0.4, 0.5) is 0 Å². The summed E-state index contributed by atoms with van der Waals surface area (Å²) < 4.78 is 10.4. The quantitative estimate of drug-likeness (QED) is 0.876. The summed E-state index contributed by atoms with van der Waals surface area (Å²) in [5.74, 6) is 1.18. The first-order valence-electron chi connectivity index (χ1n) is 6.11. The van der Waals surface area contributed by atoms with Crippen molar-refractivity contribution in [3.8, 4) is 17.6 Å². The molecule has 0 aliphatic heterocycles. The molecule has 100 valence electrons. The zero-order chi connectivity index (χ0) is 13.8. The van der Waals surface area contributed by atoms with E-state index in [2.05, 4.69) is 11.4 Å². The molecule has 5 nitrogen and oxygen atoms in total. The molecule has 1 atom stereocenters. The molecule has 2 rings (SSSR count). The predicted molar refractivity (Wildman–Crippen MR) is 68.8 cm³/mol. The van der Waals surface area contributed by atoms with Gasteiger partial charge in [0, 0.05) is 17.5 Å². The Bertz CT molecular complexity index is 518. The molecule has 0 spiro atoms. The number of rotatable bonds is 5. The van der Waals surface area contributed by atoms with Gasteiger partial charge in [-0.05, 0) is 25.0 Å². The summed E-state index contributed by atoms with van der Waals surface area (Å²) in [5.41, 5.74) is 0.639. The number of carbonyl (C=O) groups excluding carboxylic acids is 1. The highest BCUT2D eigenvalue weighted by Gasteiger charge is 2.31. The average Bonchev–Trinajstić information content (AvgIpc) is 3.28. The second-order valence-electron chi connectivity index (χ2n) is 4.45. The van der Waals surface area contributed by atoms with E-state index in [1.54, 1.807) is 25.3 Å². The van der Waals surface area contributed by atoms with Gasteiger partial charge in [-0.3, -0.25) is 4.79 Å². The van der Waals surface area contributed by atoms with Gasteiger partial charge in [0.25, 0.3) is 0 Å². The molecular weight excluding hydrogens is 244 g/mol. The minimum absolute atomic E-state index is 0.0654. The molecule has 1 fully saturated rings. The molecule has 1 unspecified atom stereocenters. The zero-order valence-corrected chi connectivity index (χ0v) is 11.0. The van der Waals surface area contributed by atoms with Gasteiger partial charge in [-0.15, -0.1) is 0 Å². The van der Waals surface area contributed by atoms with E-state index < -0.39 is 6.04 Å². The number of methoxy groups -OCH3 is 2. The number of hydrogen-bond donors (Lipinski definition) is 1. The summed E-state index contributed by atoms with van der Waals surface area (Å²) in [5, 5.41) is 12.0. The van der Waals surface area contributed by atoms with Gasteiger partial charge in [0.2, 0.25) is 5.91 Å². The minimum atomic E-state index is -0.700. The first kappa shape index (κ1) is 13.2. The van der Waals surface area contributed by atoms with E-state index in [9.17, 15) is 10.1 Å². The number of amides is 1. The van der Waals surface area contributed by atoms with Crippen LogP contribution in [0.3, 0.4) is 0 Å². The molecule has 1 aliphatic rings. The fraction of sp³-hybridized carbons (Fsp3) is 0.429. The van der Waals surface area contributed by atoms with Crippen molar-refractivity contribution in [1.82, 2.24) is 5.32 Å². The van der Waals surface area contributed by atoms with Crippen LogP contribution in [0.2, 0.25) is 0 Å². The summed E-state index contributed by atoms with van der Waals surface area (Å²) >= 11 is 0. The van der Waals surface area contributed by atoms with Crippen molar-refractivity contribution in [2.75, 3.05) is 14.2 Å². The second kappa shape index (κ2) is 5.61. The lowest BCUT2D eigenvalue weighted by Crippen LogP contribution is -2.29. The van der Waals surface area contributed by atoms with Gasteiger partial charge in [-0.25, -0.2) is 0 Å². The number of nitrogens with one attached hydrogen (secondary N) is 1. The lowest BCUT2D eigenvalue weighted by Gasteiger charge is -2.16. The Kier molecular flexibility index (Phi) is 3.91. The van der Waals surface area contributed by atoms with Crippen LogP contribution in [0.5, 0.6) is 11.5 Å². The van der Waals surface area contributed by atoms with Crippen molar-refractivity contribution >= 4 is 5.91 Å². The van der Waals surface area contributed by atoms with E-state index in [-0.39, 0.29) is 11.8 Å². The maximum absolute atomic E-state index is 11.7. The normalized spacial score (nSPS) is 15.2. The highest BCUT2D eigenvalue weighted by molar-refractivity contribution is 5.81. The fourth-order valence-electron chi connectivity index (χ4n) is 1.84. The van der Waals surface area contributed by atoms with E-state index in [0.29, 0.717) is 17.1 Å². The van der Waals surface area contributed by atoms with E-state index in [1.165, 1.54) is 7.11 Å². The molecule has 19 heavy (non-hydrogen) atoms. The summed E-state index contributed by atoms with van der Waals surface area (Å²) in [7, 11) is 3.08. The Morgan fingerprint density at radius 3 is 2.68 bits per heavy atom. The molecule has 1 saturated carbocycles. The van der Waals surface area contributed by atoms with E-state index in [0.717, 1.165) is 12.8 Å². The summed E-state index contributed by atoms with van der Waals surface area (Å²) in [4.78, 5) is 11.7. The van der Waals surface area contributed by atoms with E-state index >= 15 is 0 Å². The SMILES string of the molecule is COc1ccc(C(C#N)NC(=O)C2CC2)c(OC)c1. The van der Waals surface area contributed by atoms with E-state index in [1.807, 2.05) is 0 Å². The zero-order valence-electron chi connectivity index (χ0n) is 11.0. The van der Waals surface area contributed by atoms with Gasteiger partial charge in [0.05, 0.1) is 20.3 Å². The largest absolute Gasteiger partial charge is 0.497 e. The highest BCUT2D eigenvalue weighted by Crippen LogP contribution is 2.32. The second-order valence-corrected chi connectivity index (χ2v) is 4.45. The van der Waals surface area contributed by atoms with Crippen molar-refractivity contribution in [1.29, 1.82) is 5.26 Å². The molecule has 1 N–H and O–H groups in total. The van der Waals surface area contributed by atoms with E-state index in [4.69, 9.17) is 9.47 Å². The number of nitriles is 1. The molecular formula is C14H16N2O3. The number of benzene rings is 1. The number of carbonyl (C=O) groups is 1. The number of hydrogen-bond acceptors (Lipinski definition) is 4. The smallest absolute Gasteiger partial charge is 0.224 e. The molecule has 0 saturated heterocycles. The lowest BCUT2D eigenvalue weighted by atomic mass is 10.1. The monoisotopic (exact) mass is 260 g/mol. The molecule has 5 heteroatoms. The van der Waals surface area contributed by atoms with Gasteiger partial charge >= 0.3 is 0 Å². The molecule has 0 aromatic heterocycles. The Hall–Kier alpha value is -2.22. The van der Waals surface area contributed by atoms with Crippen LogP contribution >= 0.6 is 0 Å². The van der Waals surface area contributed by atoms with Crippen LogP contribution in [0.1, 0.15) is 24.4 Å². The first-order chi connectivity index (χ1) is 9.19. The molecule has 0 heterocycles. The molecule has 1 aliphatic carbocycles. The van der Waals surface area contributed by atoms with Crippen molar-refractivity contribution in [3.05, 3.63) is 23.8 Å². The third-order valence-electron chi connectivity index (χ3n) is 3.12. The lowest BCUT2D eigenvalue weighted by molar-refractivity contribution is -0.122. The number of nitrogens with zero attached hydrogens (tertiary/aromatic N) is 1. The topological polar surface area (TPSA) is 71.3 Å². The van der Waals surface area contributed by atoms with Gasteiger partial charge < -0.3 is 14.8 Å². The Morgan fingerprint density at radius 1 is 1.42 bits per heavy atom. The van der Waals surface area contributed by atoms with Crippen molar-refractivity contribution in [2.24, 2.45) is 5.92 Å². The average molecular weight is 260 g/mol.